The van der Waals surface area contributed by atoms with E-state index in [1.807, 2.05) is 0 Å². The van der Waals surface area contributed by atoms with Crippen LogP contribution in [0.1, 0.15) is 31.1 Å². The summed E-state index contributed by atoms with van der Waals surface area (Å²) in [6.45, 7) is 0. The predicted octanol–water partition coefficient (Wildman–Crippen LogP) is 0.394. The molecule has 3 rings (SSSR count). The lowest BCUT2D eigenvalue weighted by Crippen LogP contribution is -2.36. The molecule has 7 heteroatoms. The lowest BCUT2D eigenvalue weighted by Gasteiger charge is -2.11. The topological polar surface area (TPSA) is 113 Å². The van der Waals surface area contributed by atoms with E-state index in [9.17, 15) is 19.2 Å². The Morgan fingerprint density at radius 3 is 2.52 bits per heavy atom. The number of rotatable bonds is 1. The molecule has 0 fully saturated rings. The van der Waals surface area contributed by atoms with Crippen molar-refractivity contribution in [2.45, 2.75) is 0 Å². The van der Waals surface area contributed by atoms with Gasteiger partial charge in [-0.25, -0.2) is 4.90 Å². The highest BCUT2D eigenvalue weighted by Gasteiger charge is 2.41. The average Bonchev–Trinajstić information content (AvgIpc) is 2.71. The summed E-state index contributed by atoms with van der Waals surface area (Å²) in [6, 6.07) is 6.77. The number of fused-ring (bicyclic) bond motifs is 1. The highest BCUT2D eigenvalue weighted by atomic mass is 16.2. The molecule has 0 unspecified atom stereocenters. The number of nitrogen functional groups attached to an aromatic ring is 1. The summed E-state index contributed by atoms with van der Waals surface area (Å²) < 4.78 is 0. The number of carbonyl (C=O) groups excluding carboxylic acids is 3. The molecule has 0 aliphatic carbocycles. The van der Waals surface area contributed by atoms with Gasteiger partial charge in [-0.15, -0.1) is 0 Å². The molecule has 1 aliphatic heterocycles. The van der Waals surface area contributed by atoms with E-state index in [-0.39, 0.29) is 22.4 Å². The second kappa shape index (κ2) is 4.41. The van der Waals surface area contributed by atoms with Crippen molar-refractivity contribution in [2.24, 2.45) is 0 Å². The molecule has 1 aliphatic rings. The number of nitrogens with zero attached hydrogens (tertiary/aromatic N) is 1. The molecule has 0 saturated carbocycles. The molecule has 2 heterocycles. The Morgan fingerprint density at radius 1 is 1.10 bits per heavy atom. The van der Waals surface area contributed by atoms with Gasteiger partial charge in [-0.1, -0.05) is 6.07 Å². The fraction of sp³-hybridized carbons (Fsp3) is 0. The molecule has 1 aromatic carbocycles. The van der Waals surface area contributed by atoms with Crippen LogP contribution in [0, 0.1) is 0 Å². The average molecular weight is 283 g/mol. The van der Waals surface area contributed by atoms with Crippen molar-refractivity contribution in [3.05, 3.63) is 63.6 Å². The Balaban J connectivity index is 2.08. The van der Waals surface area contributed by atoms with Gasteiger partial charge < -0.3 is 10.7 Å². The minimum absolute atomic E-state index is 0.0145. The molecular weight excluding hydrogens is 274 g/mol. The van der Waals surface area contributed by atoms with E-state index >= 15 is 0 Å². The van der Waals surface area contributed by atoms with E-state index in [4.69, 9.17) is 5.73 Å². The quantitative estimate of drug-likeness (QED) is 0.580. The molecule has 2 aromatic rings. The lowest BCUT2D eigenvalue weighted by atomic mass is 10.1. The Morgan fingerprint density at radius 2 is 1.86 bits per heavy atom. The molecule has 0 atom stereocenters. The number of amides is 3. The van der Waals surface area contributed by atoms with Crippen molar-refractivity contribution in [3.8, 4) is 0 Å². The maximum atomic E-state index is 12.3. The van der Waals surface area contributed by atoms with Crippen LogP contribution in [0.25, 0.3) is 0 Å². The first-order valence-electron chi connectivity index (χ1n) is 6.01. The second-order valence-corrected chi connectivity index (χ2v) is 4.46. The third kappa shape index (κ3) is 1.83. The van der Waals surface area contributed by atoms with Gasteiger partial charge in [0.2, 0.25) is 5.56 Å². The Hall–Kier alpha value is -3.22. The van der Waals surface area contributed by atoms with Crippen LogP contribution in [0.15, 0.2) is 41.3 Å². The van der Waals surface area contributed by atoms with E-state index < -0.39 is 23.3 Å². The summed E-state index contributed by atoms with van der Waals surface area (Å²) in [7, 11) is 0. The van der Waals surface area contributed by atoms with Gasteiger partial charge in [-0.3, -0.25) is 19.2 Å². The van der Waals surface area contributed by atoms with E-state index in [1.54, 1.807) is 0 Å². The van der Waals surface area contributed by atoms with Crippen LogP contribution in [-0.2, 0) is 0 Å². The smallest absolute Gasteiger partial charge is 0.270 e. The number of hydrogen-bond donors (Lipinski definition) is 2. The number of aromatic nitrogens is 1. The number of imide groups is 3. The SMILES string of the molecule is Nc1cccc2c1C(=O)N(C(=O)c1cc[nH]c(=O)c1)C2=O. The zero-order chi connectivity index (χ0) is 15.1. The lowest BCUT2D eigenvalue weighted by molar-refractivity contribution is 0.0566. The molecule has 0 spiro atoms. The molecular formula is C14H9N3O4. The zero-order valence-electron chi connectivity index (χ0n) is 10.6. The number of pyridine rings is 1. The molecule has 104 valence electrons. The van der Waals surface area contributed by atoms with E-state index in [0.29, 0.717) is 4.90 Å². The zero-order valence-corrected chi connectivity index (χ0v) is 10.6. The van der Waals surface area contributed by atoms with Gasteiger partial charge in [-0.2, -0.15) is 0 Å². The standard InChI is InChI=1S/C14H9N3O4/c15-9-3-1-2-8-11(9)14(21)17(13(8)20)12(19)7-4-5-16-10(18)6-7/h1-6H,15H2,(H,16,18). The van der Waals surface area contributed by atoms with Crippen LogP contribution in [0.3, 0.4) is 0 Å². The van der Waals surface area contributed by atoms with Crippen LogP contribution < -0.4 is 11.3 Å². The van der Waals surface area contributed by atoms with Crippen LogP contribution in [0.5, 0.6) is 0 Å². The Bertz CT molecular complexity index is 853. The van der Waals surface area contributed by atoms with E-state index in [0.717, 1.165) is 6.07 Å². The minimum atomic E-state index is -0.855. The number of anilines is 1. The normalized spacial score (nSPS) is 13.4. The van der Waals surface area contributed by atoms with Gasteiger partial charge in [0.15, 0.2) is 0 Å². The van der Waals surface area contributed by atoms with Crippen LogP contribution in [0.4, 0.5) is 5.69 Å². The van der Waals surface area contributed by atoms with Crippen molar-refractivity contribution in [2.75, 3.05) is 5.73 Å². The van der Waals surface area contributed by atoms with Crippen LogP contribution in [0.2, 0.25) is 0 Å². The highest BCUT2D eigenvalue weighted by Crippen LogP contribution is 2.28. The second-order valence-electron chi connectivity index (χ2n) is 4.46. The van der Waals surface area contributed by atoms with Crippen molar-refractivity contribution in [1.29, 1.82) is 0 Å². The van der Waals surface area contributed by atoms with E-state index in [2.05, 4.69) is 4.98 Å². The maximum absolute atomic E-state index is 12.3. The van der Waals surface area contributed by atoms with Gasteiger partial charge >= 0.3 is 0 Å². The summed E-state index contributed by atoms with van der Waals surface area (Å²) in [4.78, 5) is 50.8. The molecule has 7 nitrogen and oxygen atoms in total. The van der Waals surface area contributed by atoms with Gasteiger partial charge in [0, 0.05) is 23.5 Å². The largest absolute Gasteiger partial charge is 0.398 e. The first-order chi connectivity index (χ1) is 10.0. The number of aromatic amines is 1. The molecule has 21 heavy (non-hydrogen) atoms. The first kappa shape index (κ1) is 12.8. The summed E-state index contributed by atoms with van der Waals surface area (Å²) >= 11 is 0. The Kier molecular flexibility index (Phi) is 2.69. The number of carbonyl (C=O) groups is 3. The van der Waals surface area contributed by atoms with Crippen molar-refractivity contribution in [1.82, 2.24) is 9.88 Å². The monoisotopic (exact) mass is 283 g/mol. The number of nitrogens with two attached hydrogens (primary N) is 1. The molecule has 0 saturated heterocycles. The summed E-state index contributed by atoms with van der Waals surface area (Å²) in [5.74, 6) is -2.38. The summed E-state index contributed by atoms with van der Waals surface area (Å²) in [6.07, 6.45) is 1.27. The van der Waals surface area contributed by atoms with Crippen LogP contribution in [-0.4, -0.2) is 27.6 Å². The third-order valence-corrected chi connectivity index (χ3v) is 3.17. The summed E-state index contributed by atoms with van der Waals surface area (Å²) in [5, 5.41) is 0. The minimum Gasteiger partial charge on any atom is -0.398 e. The number of hydrogen-bond acceptors (Lipinski definition) is 5. The van der Waals surface area contributed by atoms with Crippen LogP contribution >= 0.6 is 0 Å². The maximum Gasteiger partial charge on any atom is 0.270 e. The van der Waals surface area contributed by atoms with Gasteiger partial charge in [0.1, 0.15) is 0 Å². The highest BCUT2D eigenvalue weighted by molar-refractivity contribution is 6.32. The molecule has 0 radical (unpaired) electrons. The van der Waals surface area contributed by atoms with Gasteiger partial charge in [0.25, 0.3) is 17.7 Å². The van der Waals surface area contributed by atoms with Crippen molar-refractivity contribution < 1.29 is 14.4 Å². The van der Waals surface area contributed by atoms with Gasteiger partial charge in [0.05, 0.1) is 11.1 Å². The van der Waals surface area contributed by atoms with Crippen molar-refractivity contribution >= 4 is 23.4 Å². The molecule has 0 bridgehead atoms. The molecule has 3 N–H and O–H groups in total. The molecule has 3 amide bonds. The number of benzene rings is 1. The Labute approximate surface area is 118 Å². The number of nitrogens with one attached hydrogen (secondary N) is 1. The van der Waals surface area contributed by atoms with Crippen molar-refractivity contribution in [3.63, 3.8) is 0 Å². The van der Waals surface area contributed by atoms with E-state index in [1.165, 1.54) is 30.5 Å². The first-order valence-corrected chi connectivity index (χ1v) is 6.01. The summed E-state index contributed by atoms with van der Waals surface area (Å²) in [5.41, 5.74) is 5.36. The third-order valence-electron chi connectivity index (χ3n) is 3.17. The van der Waals surface area contributed by atoms with Gasteiger partial charge in [-0.05, 0) is 18.2 Å². The predicted molar refractivity (Wildman–Crippen MR) is 72.7 cm³/mol. The fourth-order valence-electron chi connectivity index (χ4n) is 2.20. The molecule has 1 aromatic heterocycles. The fourth-order valence-corrected chi connectivity index (χ4v) is 2.20. The number of H-pyrrole nitrogens is 1.